The molecule has 0 fully saturated rings. The van der Waals surface area contributed by atoms with Crippen LogP contribution in [0.5, 0.6) is 0 Å². The van der Waals surface area contributed by atoms with Crippen LogP contribution in [-0.4, -0.2) is 24.1 Å². The zero-order valence-electron chi connectivity index (χ0n) is 11.3. The summed E-state index contributed by atoms with van der Waals surface area (Å²) < 4.78 is 6.72. The highest BCUT2D eigenvalue weighted by molar-refractivity contribution is 7.07. The molecule has 2 rings (SSSR count). The number of hydrogen-bond acceptors (Lipinski definition) is 4. The lowest BCUT2D eigenvalue weighted by Gasteiger charge is -2.15. The van der Waals surface area contributed by atoms with Gasteiger partial charge in [0.1, 0.15) is 11.7 Å². The standard InChI is InChI=1S/C14H16N2O3S/c1-16-6-3-4-11(14(16)18)13(17)15-8-12(19-2)10-5-7-20-9-10/h3-7,9,12H,8H2,1-2H3,(H,15,17). The first-order valence-electron chi connectivity index (χ1n) is 6.12. The zero-order chi connectivity index (χ0) is 14.5. The average molecular weight is 292 g/mol. The minimum absolute atomic E-state index is 0.134. The second-order valence-electron chi connectivity index (χ2n) is 4.33. The van der Waals surface area contributed by atoms with Gasteiger partial charge < -0.3 is 14.6 Å². The molecule has 2 aromatic heterocycles. The molecule has 0 aliphatic rings. The molecule has 5 nitrogen and oxygen atoms in total. The summed E-state index contributed by atoms with van der Waals surface area (Å²) in [6.07, 6.45) is 1.40. The molecule has 0 bridgehead atoms. The van der Waals surface area contributed by atoms with Gasteiger partial charge in [-0.3, -0.25) is 9.59 Å². The van der Waals surface area contributed by atoms with E-state index in [-0.39, 0.29) is 23.1 Å². The Kier molecular flexibility index (Phi) is 4.70. The Morgan fingerprint density at radius 3 is 2.95 bits per heavy atom. The molecular weight excluding hydrogens is 276 g/mol. The van der Waals surface area contributed by atoms with Crippen LogP contribution < -0.4 is 10.9 Å². The summed E-state index contributed by atoms with van der Waals surface area (Å²) in [5.41, 5.74) is 0.837. The van der Waals surface area contributed by atoms with Crippen molar-refractivity contribution in [1.29, 1.82) is 0 Å². The normalized spacial score (nSPS) is 12.1. The Hall–Kier alpha value is -1.92. The van der Waals surface area contributed by atoms with Crippen molar-refractivity contribution in [3.63, 3.8) is 0 Å². The van der Waals surface area contributed by atoms with Crippen LogP contribution in [0.25, 0.3) is 0 Å². The lowest BCUT2D eigenvalue weighted by atomic mass is 10.2. The summed E-state index contributed by atoms with van der Waals surface area (Å²) in [5.74, 6) is -0.386. The lowest BCUT2D eigenvalue weighted by Crippen LogP contribution is -2.34. The van der Waals surface area contributed by atoms with E-state index in [0.717, 1.165) is 5.56 Å². The van der Waals surface area contributed by atoms with Crippen molar-refractivity contribution in [3.05, 3.63) is 56.6 Å². The first-order valence-corrected chi connectivity index (χ1v) is 7.06. The van der Waals surface area contributed by atoms with Gasteiger partial charge in [0, 0.05) is 26.9 Å². The fraction of sp³-hybridized carbons (Fsp3) is 0.286. The zero-order valence-corrected chi connectivity index (χ0v) is 12.1. The van der Waals surface area contributed by atoms with Crippen LogP contribution in [0.1, 0.15) is 22.0 Å². The number of thiophene rings is 1. The van der Waals surface area contributed by atoms with Crippen LogP contribution in [0.4, 0.5) is 0 Å². The fourth-order valence-corrected chi connectivity index (χ4v) is 2.55. The maximum absolute atomic E-state index is 12.0. The lowest BCUT2D eigenvalue weighted by molar-refractivity contribution is 0.0827. The third kappa shape index (κ3) is 3.15. The number of amides is 1. The first-order chi connectivity index (χ1) is 9.63. The van der Waals surface area contributed by atoms with Crippen molar-refractivity contribution >= 4 is 17.2 Å². The largest absolute Gasteiger partial charge is 0.375 e. The maximum atomic E-state index is 12.0. The molecule has 20 heavy (non-hydrogen) atoms. The number of hydrogen-bond donors (Lipinski definition) is 1. The molecule has 0 aliphatic heterocycles. The molecule has 1 amide bonds. The SMILES string of the molecule is COC(CNC(=O)c1cccn(C)c1=O)c1ccsc1. The molecule has 0 aromatic carbocycles. The van der Waals surface area contributed by atoms with Gasteiger partial charge in [-0.25, -0.2) is 0 Å². The van der Waals surface area contributed by atoms with Crippen molar-refractivity contribution in [2.24, 2.45) is 7.05 Å². The van der Waals surface area contributed by atoms with Crippen LogP contribution in [-0.2, 0) is 11.8 Å². The third-order valence-electron chi connectivity index (χ3n) is 3.02. The number of aryl methyl sites for hydroxylation is 1. The van der Waals surface area contributed by atoms with Gasteiger partial charge in [-0.2, -0.15) is 11.3 Å². The van der Waals surface area contributed by atoms with E-state index in [1.54, 1.807) is 37.8 Å². The molecule has 0 aliphatic carbocycles. The van der Waals surface area contributed by atoms with Crippen LogP contribution >= 0.6 is 11.3 Å². The molecule has 6 heteroatoms. The molecule has 2 heterocycles. The van der Waals surface area contributed by atoms with Crippen LogP contribution in [0.3, 0.4) is 0 Å². The quantitative estimate of drug-likeness (QED) is 0.910. The maximum Gasteiger partial charge on any atom is 0.263 e. The summed E-state index contributed by atoms with van der Waals surface area (Å²) in [4.78, 5) is 23.9. The smallest absolute Gasteiger partial charge is 0.263 e. The van der Waals surface area contributed by atoms with E-state index < -0.39 is 0 Å². The topological polar surface area (TPSA) is 60.3 Å². The van der Waals surface area contributed by atoms with Crippen LogP contribution in [0, 0.1) is 0 Å². The van der Waals surface area contributed by atoms with Crippen LogP contribution in [0.15, 0.2) is 40.0 Å². The van der Waals surface area contributed by atoms with Gasteiger partial charge >= 0.3 is 0 Å². The predicted molar refractivity (Wildman–Crippen MR) is 78.1 cm³/mol. The van der Waals surface area contributed by atoms with E-state index >= 15 is 0 Å². The highest BCUT2D eigenvalue weighted by atomic mass is 32.1. The van der Waals surface area contributed by atoms with Crippen molar-refractivity contribution in [2.75, 3.05) is 13.7 Å². The van der Waals surface area contributed by atoms with Gasteiger partial charge in [0.15, 0.2) is 0 Å². The van der Waals surface area contributed by atoms with Gasteiger partial charge in [0.05, 0.1) is 0 Å². The number of ether oxygens (including phenoxy) is 1. The summed E-state index contributed by atoms with van der Waals surface area (Å²) in [7, 11) is 3.21. The molecule has 2 aromatic rings. The summed E-state index contributed by atoms with van der Waals surface area (Å²) in [6, 6.07) is 5.14. The molecule has 1 atom stereocenters. The molecular formula is C14H16N2O3S. The minimum Gasteiger partial charge on any atom is -0.375 e. The van der Waals surface area contributed by atoms with Crippen molar-refractivity contribution in [2.45, 2.75) is 6.10 Å². The summed E-state index contributed by atoms with van der Waals surface area (Å²) in [5, 5.41) is 6.66. The Morgan fingerprint density at radius 2 is 2.30 bits per heavy atom. The molecule has 106 valence electrons. The number of methoxy groups -OCH3 is 1. The third-order valence-corrected chi connectivity index (χ3v) is 3.72. The van der Waals surface area contributed by atoms with Gasteiger partial charge in [-0.15, -0.1) is 0 Å². The molecule has 1 N–H and O–H groups in total. The van der Waals surface area contributed by atoms with E-state index in [1.807, 2.05) is 16.8 Å². The highest BCUT2D eigenvalue weighted by Gasteiger charge is 2.15. The first kappa shape index (κ1) is 14.5. The highest BCUT2D eigenvalue weighted by Crippen LogP contribution is 2.18. The number of nitrogens with zero attached hydrogens (tertiary/aromatic N) is 1. The van der Waals surface area contributed by atoms with E-state index in [1.165, 1.54) is 10.6 Å². The molecule has 1 unspecified atom stereocenters. The van der Waals surface area contributed by atoms with Gasteiger partial charge in [0.2, 0.25) is 0 Å². The van der Waals surface area contributed by atoms with E-state index in [2.05, 4.69) is 5.32 Å². The number of carbonyl (C=O) groups is 1. The number of carbonyl (C=O) groups excluding carboxylic acids is 1. The Balaban J connectivity index is 2.05. The predicted octanol–water partition coefficient (Wildman–Crippen LogP) is 1.56. The summed E-state index contributed by atoms with van der Waals surface area (Å²) in [6.45, 7) is 0.324. The number of nitrogens with one attached hydrogen (secondary N) is 1. The van der Waals surface area contributed by atoms with E-state index in [0.29, 0.717) is 6.54 Å². The molecule has 0 spiro atoms. The van der Waals surface area contributed by atoms with Gasteiger partial charge in [0.25, 0.3) is 11.5 Å². The van der Waals surface area contributed by atoms with E-state index in [9.17, 15) is 9.59 Å². The van der Waals surface area contributed by atoms with Crippen molar-refractivity contribution in [1.82, 2.24) is 9.88 Å². The Morgan fingerprint density at radius 1 is 1.50 bits per heavy atom. The molecule has 0 saturated carbocycles. The number of rotatable bonds is 5. The van der Waals surface area contributed by atoms with Crippen molar-refractivity contribution in [3.8, 4) is 0 Å². The Labute approximate surface area is 120 Å². The average Bonchev–Trinajstić information content (AvgIpc) is 2.96. The van der Waals surface area contributed by atoms with Crippen molar-refractivity contribution < 1.29 is 9.53 Å². The van der Waals surface area contributed by atoms with E-state index in [4.69, 9.17) is 4.74 Å². The van der Waals surface area contributed by atoms with Crippen LogP contribution in [0.2, 0.25) is 0 Å². The minimum atomic E-state index is -0.386. The van der Waals surface area contributed by atoms with Gasteiger partial charge in [-0.1, -0.05) is 0 Å². The second kappa shape index (κ2) is 6.49. The number of aromatic nitrogens is 1. The summed E-state index contributed by atoms with van der Waals surface area (Å²) >= 11 is 1.57. The van der Waals surface area contributed by atoms with Gasteiger partial charge in [-0.05, 0) is 34.5 Å². The molecule has 0 radical (unpaired) electrons. The Bertz CT molecular complexity index is 634. The number of pyridine rings is 1. The fourth-order valence-electron chi connectivity index (χ4n) is 1.85. The monoisotopic (exact) mass is 292 g/mol. The second-order valence-corrected chi connectivity index (χ2v) is 5.11. The molecule has 0 saturated heterocycles.